The topological polar surface area (TPSA) is 60.2 Å². The van der Waals surface area contributed by atoms with Crippen molar-refractivity contribution in [2.24, 2.45) is 5.84 Å². The third-order valence-corrected chi connectivity index (χ3v) is 3.43. The number of nitrogens with zero attached hydrogens (tertiary/aromatic N) is 1. The van der Waals surface area contributed by atoms with E-state index in [9.17, 15) is 0 Å². The number of aryl methyl sites for hydroxylation is 1. The summed E-state index contributed by atoms with van der Waals surface area (Å²) in [5, 5.41) is 0. The van der Waals surface area contributed by atoms with Crippen molar-refractivity contribution < 1.29 is 4.74 Å². The lowest BCUT2D eigenvalue weighted by Gasteiger charge is -2.19. The van der Waals surface area contributed by atoms with Crippen LogP contribution < -0.4 is 16.0 Å². The molecule has 0 radical (unpaired) electrons. The molecule has 2 aromatic rings. The summed E-state index contributed by atoms with van der Waals surface area (Å²) >= 11 is 0. The van der Waals surface area contributed by atoms with Gasteiger partial charge in [-0.25, -0.2) is 5.43 Å². The van der Waals surface area contributed by atoms with Crippen LogP contribution in [0.15, 0.2) is 42.6 Å². The largest absolute Gasteiger partial charge is 0.494 e. The molecule has 1 aromatic carbocycles. The average molecular weight is 285 g/mol. The molecule has 0 saturated heterocycles. The van der Waals surface area contributed by atoms with Crippen LogP contribution in [0.3, 0.4) is 0 Å². The fraction of sp³-hybridized carbons (Fsp3) is 0.353. The van der Waals surface area contributed by atoms with E-state index in [0.29, 0.717) is 0 Å². The number of nitrogens with two attached hydrogens (primary N) is 1. The lowest BCUT2D eigenvalue weighted by atomic mass is 9.98. The number of pyridine rings is 1. The first-order chi connectivity index (χ1) is 10.3. The third-order valence-electron chi connectivity index (χ3n) is 3.43. The number of rotatable bonds is 7. The van der Waals surface area contributed by atoms with E-state index in [1.807, 2.05) is 30.3 Å². The van der Waals surface area contributed by atoms with E-state index in [4.69, 9.17) is 10.6 Å². The van der Waals surface area contributed by atoms with Gasteiger partial charge in [0, 0.05) is 6.20 Å². The second kappa shape index (κ2) is 7.76. The number of benzene rings is 1. The molecule has 2 rings (SSSR count). The molecule has 0 fully saturated rings. The van der Waals surface area contributed by atoms with Gasteiger partial charge in [0.25, 0.3) is 0 Å². The van der Waals surface area contributed by atoms with Crippen LogP contribution in [0.4, 0.5) is 0 Å². The lowest BCUT2D eigenvalue weighted by molar-refractivity contribution is 0.317. The molecule has 1 unspecified atom stereocenters. The average Bonchev–Trinajstić information content (AvgIpc) is 2.55. The van der Waals surface area contributed by atoms with Gasteiger partial charge in [-0.3, -0.25) is 10.8 Å². The van der Waals surface area contributed by atoms with Gasteiger partial charge in [0.05, 0.1) is 18.3 Å². The first kappa shape index (κ1) is 15.5. The summed E-state index contributed by atoms with van der Waals surface area (Å²) in [5.74, 6) is 6.64. The molecule has 0 saturated carbocycles. The van der Waals surface area contributed by atoms with Crippen LogP contribution in [0.25, 0.3) is 0 Å². The Bertz CT molecular complexity index is 554. The van der Waals surface area contributed by atoms with Crippen LogP contribution in [0.2, 0.25) is 0 Å². The van der Waals surface area contributed by atoms with Gasteiger partial charge in [0.2, 0.25) is 0 Å². The van der Waals surface area contributed by atoms with Crippen molar-refractivity contribution in [2.75, 3.05) is 6.61 Å². The molecule has 4 heteroatoms. The fourth-order valence-electron chi connectivity index (χ4n) is 2.32. The van der Waals surface area contributed by atoms with Gasteiger partial charge < -0.3 is 4.74 Å². The first-order valence-corrected chi connectivity index (χ1v) is 7.42. The first-order valence-electron chi connectivity index (χ1n) is 7.42. The Balaban J connectivity index is 2.24. The molecular formula is C17H23N3O. The van der Waals surface area contributed by atoms with Crippen molar-refractivity contribution in [1.82, 2.24) is 10.4 Å². The van der Waals surface area contributed by atoms with Gasteiger partial charge in [-0.1, -0.05) is 32.0 Å². The predicted molar refractivity (Wildman–Crippen MR) is 85.0 cm³/mol. The number of nitrogens with one attached hydrogen (secondary N) is 1. The van der Waals surface area contributed by atoms with Gasteiger partial charge >= 0.3 is 0 Å². The molecule has 0 aliphatic heterocycles. The van der Waals surface area contributed by atoms with E-state index < -0.39 is 0 Å². The van der Waals surface area contributed by atoms with E-state index in [-0.39, 0.29) is 6.04 Å². The molecule has 1 atom stereocenters. The minimum atomic E-state index is -0.110. The maximum atomic E-state index is 5.76. The summed E-state index contributed by atoms with van der Waals surface area (Å²) in [6, 6.07) is 11.9. The predicted octanol–water partition coefficient (Wildman–Crippen LogP) is 2.99. The highest BCUT2D eigenvalue weighted by molar-refractivity contribution is 5.36. The number of hydrogen-bond donors (Lipinski definition) is 2. The van der Waals surface area contributed by atoms with Crippen molar-refractivity contribution in [2.45, 2.75) is 32.7 Å². The van der Waals surface area contributed by atoms with Crippen LogP contribution in [0, 0.1) is 0 Å². The Hall–Kier alpha value is -1.91. The Kier molecular flexibility index (Phi) is 5.72. The van der Waals surface area contributed by atoms with Crippen molar-refractivity contribution >= 4 is 0 Å². The Morgan fingerprint density at radius 1 is 1.19 bits per heavy atom. The zero-order valence-corrected chi connectivity index (χ0v) is 12.7. The van der Waals surface area contributed by atoms with Gasteiger partial charge in [0.1, 0.15) is 5.75 Å². The van der Waals surface area contributed by atoms with Crippen molar-refractivity contribution in [3.8, 4) is 5.75 Å². The molecule has 0 bridgehead atoms. The molecule has 0 aliphatic rings. The second-order valence-electron chi connectivity index (χ2n) is 4.92. The molecule has 21 heavy (non-hydrogen) atoms. The highest BCUT2D eigenvalue weighted by Crippen LogP contribution is 2.24. The molecule has 3 N–H and O–H groups in total. The van der Waals surface area contributed by atoms with Gasteiger partial charge in [-0.05, 0) is 42.2 Å². The highest BCUT2D eigenvalue weighted by atomic mass is 16.5. The highest BCUT2D eigenvalue weighted by Gasteiger charge is 2.16. The Morgan fingerprint density at radius 2 is 1.95 bits per heavy atom. The number of ether oxygens (including phenoxy) is 1. The van der Waals surface area contributed by atoms with Crippen molar-refractivity contribution in [3.63, 3.8) is 0 Å². The molecule has 1 heterocycles. The molecular weight excluding hydrogens is 262 g/mol. The van der Waals surface area contributed by atoms with Crippen LogP contribution >= 0.6 is 0 Å². The summed E-state index contributed by atoms with van der Waals surface area (Å²) in [5.41, 5.74) is 6.12. The van der Waals surface area contributed by atoms with E-state index >= 15 is 0 Å². The summed E-state index contributed by atoms with van der Waals surface area (Å²) in [6.45, 7) is 4.95. The zero-order chi connectivity index (χ0) is 15.1. The summed E-state index contributed by atoms with van der Waals surface area (Å²) < 4.78 is 5.61. The van der Waals surface area contributed by atoms with E-state index in [2.05, 4.69) is 30.3 Å². The second-order valence-corrected chi connectivity index (χ2v) is 4.92. The van der Waals surface area contributed by atoms with Gasteiger partial charge in [-0.15, -0.1) is 0 Å². The summed E-state index contributed by atoms with van der Waals surface area (Å²) in [6.07, 6.45) is 3.74. The smallest absolute Gasteiger partial charge is 0.119 e. The van der Waals surface area contributed by atoms with Crippen molar-refractivity contribution in [1.29, 1.82) is 0 Å². The van der Waals surface area contributed by atoms with Gasteiger partial charge in [-0.2, -0.15) is 0 Å². The van der Waals surface area contributed by atoms with Crippen LogP contribution in [-0.2, 0) is 6.42 Å². The number of hydrazine groups is 1. The maximum Gasteiger partial charge on any atom is 0.119 e. The third kappa shape index (κ3) is 3.80. The van der Waals surface area contributed by atoms with Crippen LogP contribution in [0.5, 0.6) is 5.75 Å². The Morgan fingerprint density at radius 3 is 2.57 bits per heavy atom. The monoisotopic (exact) mass is 285 g/mol. The molecule has 0 amide bonds. The molecule has 1 aromatic heterocycles. The minimum Gasteiger partial charge on any atom is -0.494 e. The molecule has 4 nitrogen and oxygen atoms in total. The quantitative estimate of drug-likeness (QED) is 0.606. The number of aromatic nitrogens is 1. The molecule has 0 aliphatic carbocycles. The fourth-order valence-corrected chi connectivity index (χ4v) is 2.32. The van der Waals surface area contributed by atoms with Gasteiger partial charge in [0.15, 0.2) is 0 Å². The van der Waals surface area contributed by atoms with E-state index in [1.165, 1.54) is 5.56 Å². The van der Waals surface area contributed by atoms with Crippen LogP contribution in [0.1, 0.15) is 43.1 Å². The normalized spacial score (nSPS) is 12.1. The SMILES string of the molecule is CCCOc1ccc(C(NN)c2ncccc2CC)cc1. The van der Waals surface area contributed by atoms with Crippen molar-refractivity contribution in [3.05, 3.63) is 59.4 Å². The number of hydrogen-bond acceptors (Lipinski definition) is 4. The van der Waals surface area contributed by atoms with E-state index in [0.717, 1.165) is 36.5 Å². The zero-order valence-electron chi connectivity index (χ0n) is 12.7. The van der Waals surface area contributed by atoms with E-state index in [1.54, 1.807) is 6.20 Å². The Labute approximate surface area is 126 Å². The standard InChI is InChI=1S/C17H23N3O/c1-3-12-21-15-9-7-14(8-10-15)17(20-18)16-13(4-2)6-5-11-19-16/h5-11,17,20H,3-4,12,18H2,1-2H3. The lowest BCUT2D eigenvalue weighted by Crippen LogP contribution is -2.30. The van der Waals surface area contributed by atoms with Crippen LogP contribution in [-0.4, -0.2) is 11.6 Å². The summed E-state index contributed by atoms with van der Waals surface area (Å²) in [4.78, 5) is 4.50. The molecule has 0 spiro atoms. The molecule has 112 valence electrons. The maximum absolute atomic E-state index is 5.76. The minimum absolute atomic E-state index is 0.110. The summed E-state index contributed by atoms with van der Waals surface area (Å²) in [7, 11) is 0.